The lowest BCUT2D eigenvalue weighted by atomic mass is 10.3. The van der Waals surface area contributed by atoms with Gasteiger partial charge >= 0.3 is 0 Å². The standard InChI is InChI=1S/C10H14O5S/c1-2-14-7-8-15-9-3-5-10(6-4-9)16(11,12)13/h3-6H,2,7-8H2,1H3,(H,11,12,13)/p-1. The van der Waals surface area contributed by atoms with E-state index in [1.54, 1.807) is 0 Å². The van der Waals surface area contributed by atoms with Crippen LogP contribution in [0.15, 0.2) is 29.2 Å². The van der Waals surface area contributed by atoms with Crippen LogP contribution in [0.3, 0.4) is 0 Å². The Balaban J connectivity index is 2.52. The maximum atomic E-state index is 10.6. The first-order valence-corrected chi connectivity index (χ1v) is 6.21. The molecule has 0 aliphatic rings. The summed E-state index contributed by atoms with van der Waals surface area (Å²) in [5.41, 5.74) is 0. The second-order valence-corrected chi connectivity index (χ2v) is 4.35. The van der Waals surface area contributed by atoms with Gasteiger partial charge in [0, 0.05) is 6.61 Å². The molecule has 0 heterocycles. The van der Waals surface area contributed by atoms with Crippen molar-refractivity contribution >= 4 is 10.1 Å². The highest BCUT2D eigenvalue weighted by Crippen LogP contribution is 2.15. The summed E-state index contributed by atoms with van der Waals surface area (Å²) in [6, 6.07) is 5.32. The van der Waals surface area contributed by atoms with Crippen LogP contribution < -0.4 is 4.74 Å². The quantitative estimate of drug-likeness (QED) is 0.552. The highest BCUT2D eigenvalue weighted by molar-refractivity contribution is 7.85. The average Bonchev–Trinajstić information content (AvgIpc) is 2.24. The third-order valence-corrected chi connectivity index (χ3v) is 2.66. The van der Waals surface area contributed by atoms with E-state index in [1.807, 2.05) is 6.92 Å². The summed E-state index contributed by atoms with van der Waals surface area (Å²) < 4.78 is 42.2. The molecular formula is C10H13O5S-. The summed E-state index contributed by atoms with van der Waals surface area (Å²) in [5.74, 6) is 0.507. The summed E-state index contributed by atoms with van der Waals surface area (Å²) >= 11 is 0. The van der Waals surface area contributed by atoms with E-state index >= 15 is 0 Å². The molecule has 90 valence electrons. The number of hydrogen-bond donors (Lipinski definition) is 0. The lowest BCUT2D eigenvalue weighted by Crippen LogP contribution is -2.06. The minimum Gasteiger partial charge on any atom is -0.744 e. The number of hydrogen-bond acceptors (Lipinski definition) is 5. The van der Waals surface area contributed by atoms with Crippen LogP contribution in [0.1, 0.15) is 6.92 Å². The van der Waals surface area contributed by atoms with Crippen LogP contribution in [-0.4, -0.2) is 32.8 Å². The average molecular weight is 245 g/mol. The third-order valence-electron chi connectivity index (χ3n) is 1.81. The molecule has 0 N–H and O–H groups in total. The summed E-state index contributed by atoms with van der Waals surface area (Å²) in [4.78, 5) is -0.260. The van der Waals surface area contributed by atoms with E-state index in [9.17, 15) is 13.0 Å². The van der Waals surface area contributed by atoms with Crippen molar-refractivity contribution < 1.29 is 22.4 Å². The van der Waals surface area contributed by atoms with E-state index in [4.69, 9.17) is 9.47 Å². The van der Waals surface area contributed by atoms with Gasteiger partial charge in [0.05, 0.1) is 11.5 Å². The highest BCUT2D eigenvalue weighted by Gasteiger charge is 2.01. The molecule has 1 aromatic rings. The second-order valence-electron chi connectivity index (χ2n) is 2.97. The van der Waals surface area contributed by atoms with E-state index in [-0.39, 0.29) is 4.90 Å². The van der Waals surface area contributed by atoms with Crippen LogP contribution in [0, 0.1) is 0 Å². The van der Waals surface area contributed by atoms with Crippen LogP contribution in [0.25, 0.3) is 0 Å². The molecule has 0 aromatic heterocycles. The van der Waals surface area contributed by atoms with Crippen molar-refractivity contribution in [1.82, 2.24) is 0 Å². The molecule has 0 unspecified atom stereocenters. The molecule has 0 radical (unpaired) electrons. The summed E-state index contributed by atoms with van der Waals surface area (Å²) in [6.45, 7) is 3.36. The third kappa shape index (κ3) is 4.18. The number of benzene rings is 1. The van der Waals surface area contributed by atoms with Crippen LogP contribution in [0.4, 0.5) is 0 Å². The molecule has 0 atom stereocenters. The van der Waals surface area contributed by atoms with Crippen molar-refractivity contribution in [3.05, 3.63) is 24.3 Å². The zero-order valence-electron chi connectivity index (χ0n) is 8.88. The maximum absolute atomic E-state index is 10.6. The van der Waals surface area contributed by atoms with Gasteiger partial charge in [-0.25, -0.2) is 8.42 Å². The molecule has 0 aliphatic carbocycles. The topological polar surface area (TPSA) is 75.7 Å². The maximum Gasteiger partial charge on any atom is 0.124 e. The minimum absolute atomic E-state index is 0.260. The van der Waals surface area contributed by atoms with Crippen LogP contribution in [0.5, 0.6) is 5.75 Å². The molecule has 0 fully saturated rings. The predicted molar refractivity (Wildman–Crippen MR) is 56.4 cm³/mol. The molecular weight excluding hydrogens is 232 g/mol. The molecule has 5 nitrogen and oxygen atoms in total. The molecule has 0 amide bonds. The van der Waals surface area contributed by atoms with Crippen LogP contribution in [0.2, 0.25) is 0 Å². The predicted octanol–water partition coefficient (Wildman–Crippen LogP) is 1.01. The smallest absolute Gasteiger partial charge is 0.124 e. The van der Waals surface area contributed by atoms with Crippen molar-refractivity contribution in [3.63, 3.8) is 0 Å². The minimum atomic E-state index is -4.38. The molecule has 0 aliphatic heterocycles. The first-order chi connectivity index (χ1) is 7.54. The Hall–Kier alpha value is -1.11. The Bertz CT molecular complexity index is 409. The molecule has 0 saturated carbocycles. The van der Waals surface area contributed by atoms with Gasteiger partial charge in [0.2, 0.25) is 0 Å². The number of rotatable bonds is 6. The molecule has 1 rings (SSSR count). The number of ether oxygens (including phenoxy) is 2. The van der Waals surface area contributed by atoms with Gasteiger partial charge in [-0.05, 0) is 31.2 Å². The summed E-state index contributed by atoms with van der Waals surface area (Å²) in [7, 11) is -4.38. The summed E-state index contributed by atoms with van der Waals surface area (Å²) in [5, 5.41) is 0. The van der Waals surface area contributed by atoms with Gasteiger partial charge in [0.1, 0.15) is 22.5 Å². The fraction of sp³-hybridized carbons (Fsp3) is 0.400. The Labute approximate surface area is 94.7 Å². The Kier molecular flexibility index (Phi) is 4.72. The summed E-state index contributed by atoms with van der Waals surface area (Å²) in [6.07, 6.45) is 0. The van der Waals surface area contributed by atoms with Gasteiger partial charge in [-0.15, -0.1) is 0 Å². The SMILES string of the molecule is CCOCCOc1ccc(S(=O)(=O)[O-])cc1. The van der Waals surface area contributed by atoms with Gasteiger partial charge in [-0.2, -0.15) is 0 Å². The Morgan fingerprint density at radius 1 is 1.19 bits per heavy atom. The molecule has 0 bridgehead atoms. The van der Waals surface area contributed by atoms with Crippen LogP contribution >= 0.6 is 0 Å². The van der Waals surface area contributed by atoms with Crippen molar-refractivity contribution in [1.29, 1.82) is 0 Å². The van der Waals surface area contributed by atoms with Gasteiger partial charge < -0.3 is 14.0 Å². The van der Waals surface area contributed by atoms with Gasteiger partial charge in [-0.1, -0.05) is 0 Å². The first-order valence-electron chi connectivity index (χ1n) is 4.80. The normalized spacial score (nSPS) is 11.4. The zero-order valence-corrected chi connectivity index (χ0v) is 9.70. The lowest BCUT2D eigenvalue weighted by molar-refractivity contribution is 0.110. The molecule has 0 saturated heterocycles. The van der Waals surface area contributed by atoms with Gasteiger partial charge in [-0.3, -0.25) is 0 Å². The van der Waals surface area contributed by atoms with E-state index in [0.717, 1.165) is 0 Å². The molecule has 1 aromatic carbocycles. The van der Waals surface area contributed by atoms with Crippen molar-refractivity contribution in [2.75, 3.05) is 19.8 Å². The lowest BCUT2D eigenvalue weighted by Gasteiger charge is -2.09. The highest BCUT2D eigenvalue weighted by atomic mass is 32.2. The molecule has 16 heavy (non-hydrogen) atoms. The molecule has 0 spiro atoms. The largest absolute Gasteiger partial charge is 0.744 e. The fourth-order valence-corrected chi connectivity index (χ4v) is 1.53. The van der Waals surface area contributed by atoms with E-state index in [0.29, 0.717) is 25.6 Å². The van der Waals surface area contributed by atoms with Crippen molar-refractivity contribution in [2.24, 2.45) is 0 Å². The van der Waals surface area contributed by atoms with Gasteiger partial charge in [0.15, 0.2) is 0 Å². The molecule has 6 heteroatoms. The van der Waals surface area contributed by atoms with E-state index < -0.39 is 10.1 Å². The van der Waals surface area contributed by atoms with Crippen LogP contribution in [-0.2, 0) is 14.9 Å². The Morgan fingerprint density at radius 3 is 2.31 bits per heavy atom. The second kappa shape index (κ2) is 5.83. The van der Waals surface area contributed by atoms with E-state index in [1.165, 1.54) is 24.3 Å². The monoisotopic (exact) mass is 245 g/mol. The van der Waals surface area contributed by atoms with Crippen molar-refractivity contribution in [2.45, 2.75) is 11.8 Å². The first kappa shape index (κ1) is 13.0. The fourth-order valence-electron chi connectivity index (χ4n) is 1.07. The van der Waals surface area contributed by atoms with Crippen molar-refractivity contribution in [3.8, 4) is 5.75 Å². The van der Waals surface area contributed by atoms with E-state index in [2.05, 4.69) is 0 Å². The zero-order chi connectivity index (χ0) is 12.0. The Morgan fingerprint density at radius 2 is 1.81 bits per heavy atom. The van der Waals surface area contributed by atoms with Gasteiger partial charge in [0.25, 0.3) is 0 Å².